The van der Waals surface area contributed by atoms with E-state index >= 15 is 0 Å². The van der Waals surface area contributed by atoms with Crippen LogP contribution < -0.4 is 4.57 Å². The quantitative estimate of drug-likeness (QED) is 0.301. The lowest BCUT2D eigenvalue weighted by molar-refractivity contribution is -0.686. The molecular formula is C27H19N8+. The van der Waals surface area contributed by atoms with Gasteiger partial charge in [0.2, 0.25) is 18.1 Å². The molecule has 3 aromatic heterocycles. The summed E-state index contributed by atoms with van der Waals surface area (Å²) in [6.45, 7) is 2.90. The zero-order valence-electron chi connectivity index (χ0n) is 18.9. The maximum Gasteiger partial charge on any atom is 0.233 e. The Balaban J connectivity index is 1.90. The Hall–Kier alpha value is -5.08. The Morgan fingerprint density at radius 1 is 0.771 bits per heavy atom. The maximum atomic E-state index is 9.49. The van der Waals surface area contributed by atoms with Gasteiger partial charge in [0, 0.05) is 35.9 Å². The van der Waals surface area contributed by atoms with Crippen molar-refractivity contribution < 1.29 is 4.57 Å². The predicted molar refractivity (Wildman–Crippen MR) is 130 cm³/mol. The van der Waals surface area contributed by atoms with Crippen LogP contribution in [0.4, 0.5) is 0 Å². The van der Waals surface area contributed by atoms with Gasteiger partial charge in [-0.05, 0) is 18.2 Å². The van der Waals surface area contributed by atoms with Crippen molar-refractivity contribution in [3.8, 4) is 35.2 Å². The molecule has 35 heavy (non-hydrogen) atoms. The van der Waals surface area contributed by atoms with Crippen molar-refractivity contribution in [2.45, 2.75) is 19.9 Å². The third-order valence-electron chi connectivity index (χ3n) is 5.66. The summed E-state index contributed by atoms with van der Waals surface area (Å²) in [7, 11) is 0. The van der Waals surface area contributed by atoms with Crippen molar-refractivity contribution in [1.29, 1.82) is 10.5 Å². The van der Waals surface area contributed by atoms with E-state index in [1.807, 2.05) is 79.2 Å². The molecule has 0 amide bonds. The predicted octanol–water partition coefficient (Wildman–Crippen LogP) is 3.85. The summed E-state index contributed by atoms with van der Waals surface area (Å²) in [6, 6.07) is 18.9. The molecule has 0 fully saturated rings. The van der Waals surface area contributed by atoms with E-state index in [1.54, 1.807) is 6.20 Å². The van der Waals surface area contributed by atoms with Gasteiger partial charge in [-0.15, -0.1) is 0 Å². The summed E-state index contributed by atoms with van der Waals surface area (Å²) >= 11 is 0. The van der Waals surface area contributed by atoms with Crippen molar-refractivity contribution in [3.05, 3.63) is 95.6 Å². The third-order valence-corrected chi connectivity index (χ3v) is 5.66. The summed E-state index contributed by atoms with van der Waals surface area (Å²) in [5.41, 5.74) is 5.59. The summed E-state index contributed by atoms with van der Waals surface area (Å²) in [6.07, 6.45) is 8.44. The second kappa shape index (κ2) is 9.42. The highest BCUT2D eigenvalue weighted by molar-refractivity contribution is 6.30. The average Bonchev–Trinajstić information content (AvgIpc) is 2.91. The number of nitrogens with zero attached hydrogens (tertiary/aromatic N) is 8. The SMILES string of the molecule is CCC[n+]1ccccc1-c1nc2c(nc1-c1ccccn1)C(=NC#N)c1ccccc1C2=NC#N. The van der Waals surface area contributed by atoms with Crippen LogP contribution in [0.15, 0.2) is 83.0 Å². The Morgan fingerprint density at radius 3 is 2.00 bits per heavy atom. The van der Waals surface area contributed by atoms with E-state index in [9.17, 15) is 10.5 Å². The molecule has 4 aromatic rings. The fraction of sp³-hybridized carbons (Fsp3) is 0.111. The minimum Gasteiger partial charge on any atom is -0.255 e. The van der Waals surface area contributed by atoms with Crippen molar-refractivity contribution in [3.63, 3.8) is 0 Å². The second-order valence-electron chi connectivity index (χ2n) is 7.78. The second-order valence-corrected chi connectivity index (χ2v) is 7.78. The Morgan fingerprint density at radius 2 is 1.40 bits per heavy atom. The number of nitriles is 2. The molecule has 0 bridgehead atoms. The topological polar surface area (TPSA) is 115 Å². The highest BCUT2D eigenvalue weighted by Gasteiger charge is 2.33. The molecule has 0 N–H and O–H groups in total. The van der Waals surface area contributed by atoms with Crippen LogP contribution in [0.2, 0.25) is 0 Å². The van der Waals surface area contributed by atoms with Crippen LogP contribution in [0.5, 0.6) is 0 Å². The first kappa shape index (κ1) is 21.7. The van der Waals surface area contributed by atoms with Crippen LogP contribution in [0, 0.1) is 22.9 Å². The third kappa shape index (κ3) is 3.84. The zero-order chi connectivity index (χ0) is 24.2. The molecule has 0 saturated heterocycles. The molecule has 166 valence electrons. The number of rotatable bonds is 4. The van der Waals surface area contributed by atoms with Gasteiger partial charge in [-0.3, -0.25) is 4.98 Å². The van der Waals surface area contributed by atoms with Crippen LogP contribution in [0.25, 0.3) is 22.8 Å². The van der Waals surface area contributed by atoms with Gasteiger partial charge < -0.3 is 0 Å². The first-order valence-electron chi connectivity index (χ1n) is 11.1. The average molecular weight is 456 g/mol. The van der Waals surface area contributed by atoms with Crippen LogP contribution in [0.1, 0.15) is 35.9 Å². The van der Waals surface area contributed by atoms with Gasteiger partial charge in [-0.2, -0.15) is 25.1 Å². The Bertz CT molecular complexity index is 1570. The van der Waals surface area contributed by atoms with Crippen molar-refractivity contribution in [2.24, 2.45) is 9.98 Å². The number of pyridine rings is 2. The Kier molecular flexibility index (Phi) is 5.85. The fourth-order valence-corrected chi connectivity index (χ4v) is 4.23. The van der Waals surface area contributed by atoms with E-state index in [4.69, 9.17) is 9.97 Å². The lowest BCUT2D eigenvalue weighted by atomic mass is 9.88. The van der Waals surface area contributed by atoms with Crippen LogP contribution in [-0.2, 0) is 6.54 Å². The van der Waals surface area contributed by atoms with Gasteiger partial charge in [0.25, 0.3) is 0 Å². The lowest BCUT2D eigenvalue weighted by Gasteiger charge is -2.22. The molecule has 1 aliphatic carbocycles. The first-order valence-corrected chi connectivity index (χ1v) is 11.1. The van der Waals surface area contributed by atoms with Crippen molar-refractivity contribution in [2.75, 3.05) is 0 Å². The van der Waals surface area contributed by atoms with Gasteiger partial charge >= 0.3 is 0 Å². The van der Waals surface area contributed by atoms with Gasteiger partial charge in [-0.25, -0.2) is 9.97 Å². The minimum absolute atomic E-state index is 0.390. The van der Waals surface area contributed by atoms with Crippen LogP contribution in [-0.4, -0.2) is 26.4 Å². The molecule has 8 heteroatoms. The molecule has 0 saturated carbocycles. The van der Waals surface area contributed by atoms with E-state index in [2.05, 4.69) is 26.5 Å². The molecular weight excluding hydrogens is 436 g/mol. The number of aryl methyl sites for hydroxylation is 1. The molecule has 3 heterocycles. The molecule has 0 aliphatic heterocycles. The molecule has 0 spiro atoms. The van der Waals surface area contributed by atoms with Gasteiger partial charge in [0.05, 0.1) is 5.69 Å². The number of fused-ring (bicyclic) bond motifs is 2. The number of benzene rings is 1. The van der Waals surface area contributed by atoms with Gasteiger partial charge in [-0.1, -0.05) is 37.3 Å². The van der Waals surface area contributed by atoms with E-state index in [0.29, 0.717) is 51.0 Å². The molecule has 0 atom stereocenters. The minimum atomic E-state index is 0.390. The standard InChI is InChI=1S/C27H19N8/c1-2-14-35-15-8-6-12-21(35)25-24(20-11-5-7-13-30-20)33-26-22(31-16-28)18-9-3-4-10-19(18)23(32-17-29)27(26)34-25/h3-13,15H,2,14H2,1H3/q+1. The highest BCUT2D eigenvalue weighted by atomic mass is 15.0. The summed E-state index contributed by atoms with van der Waals surface area (Å²) in [5, 5.41) is 19.0. The summed E-state index contributed by atoms with van der Waals surface area (Å²) in [4.78, 5) is 22.8. The molecule has 1 aliphatic rings. The van der Waals surface area contributed by atoms with Gasteiger partial charge in [0.1, 0.15) is 35.0 Å². The van der Waals surface area contributed by atoms with Gasteiger partial charge in [0.15, 0.2) is 11.9 Å². The maximum absolute atomic E-state index is 9.49. The lowest BCUT2D eigenvalue weighted by Crippen LogP contribution is -2.36. The normalized spacial score (nSPS) is 14.1. The molecule has 5 rings (SSSR count). The van der Waals surface area contributed by atoms with E-state index in [0.717, 1.165) is 18.7 Å². The molecule has 1 aromatic carbocycles. The number of aliphatic imine (C=N–C) groups is 2. The largest absolute Gasteiger partial charge is 0.255 e. The van der Waals surface area contributed by atoms with E-state index < -0.39 is 0 Å². The van der Waals surface area contributed by atoms with Crippen LogP contribution in [0.3, 0.4) is 0 Å². The first-order chi connectivity index (χ1) is 17.3. The van der Waals surface area contributed by atoms with Crippen LogP contribution >= 0.6 is 0 Å². The molecule has 0 unspecified atom stereocenters. The number of aromatic nitrogens is 4. The Labute approximate surface area is 202 Å². The number of hydrogen-bond donors (Lipinski definition) is 0. The molecule has 8 nitrogen and oxygen atoms in total. The zero-order valence-corrected chi connectivity index (χ0v) is 18.9. The van der Waals surface area contributed by atoms with Crippen molar-refractivity contribution in [1.82, 2.24) is 15.0 Å². The summed E-state index contributed by atoms with van der Waals surface area (Å²) in [5.74, 6) is 0. The van der Waals surface area contributed by atoms with E-state index in [1.165, 1.54) is 0 Å². The van der Waals surface area contributed by atoms with E-state index in [-0.39, 0.29) is 0 Å². The highest BCUT2D eigenvalue weighted by Crippen LogP contribution is 2.32. The summed E-state index contributed by atoms with van der Waals surface area (Å²) < 4.78 is 2.12. The van der Waals surface area contributed by atoms with Crippen molar-refractivity contribution >= 4 is 11.4 Å². The smallest absolute Gasteiger partial charge is 0.233 e. The number of hydrogen-bond acceptors (Lipinski definition) is 7. The monoisotopic (exact) mass is 455 g/mol. The molecule has 0 radical (unpaired) electrons. The fourth-order valence-electron chi connectivity index (χ4n) is 4.23.